The van der Waals surface area contributed by atoms with Gasteiger partial charge in [-0.15, -0.1) is 0 Å². The SMILES string of the molecule is COP(O)OP(O)OCCNC(=O)OCC1c2ccccc2-c2ccccc21. The van der Waals surface area contributed by atoms with E-state index < -0.39 is 23.3 Å². The monoisotopic (exact) mass is 425 g/mol. The van der Waals surface area contributed by atoms with Gasteiger partial charge in [-0.3, -0.25) is 0 Å². The summed E-state index contributed by atoms with van der Waals surface area (Å²) in [7, 11) is -3.19. The Hall–Kier alpha value is -1.63. The number of benzene rings is 2. The number of carbonyl (C=O) groups excluding carboxylic acids is 1. The first-order valence-corrected chi connectivity index (χ1v) is 10.8. The maximum absolute atomic E-state index is 12.0. The molecule has 0 aromatic heterocycles. The highest BCUT2D eigenvalue weighted by Gasteiger charge is 2.28. The van der Waals surface area contributed by atoms with E-state index in [1.807, 2.05) is 24.3 Å². The van der Waals surface area contributed by atoms with Crippen LogP contribution in [0, 0.1) is 0 Å². The Morgan fingerprint density at radius 1 is 1.04 bits per heavy atom. The maximum atomic E-state index is 12.0. The molecule has 1 aliphatic rings. The van der Waals surface area contributed by atoms with Gasteiger partial charge in [0.1, 0.15) is 6.61 Å². The maximum Gasteiger partial charge on any atom is 0.407 e. The predicted octanol–water partition coefficient (Wildman–Crippen LogP) is 3.64. The fourth-order valence-corrected chi connectivity index (χ4v) is 4.22. The molecule has 2 unspecified atom stereocenters. The zero-order valence-corrected chi connectivity index (χ0v) is 16.9. The Morgan fingerprint density at radius 3 is 2.25 bits per heavy atom. The molecule has 1 amide bonds. The van der Waals surface area contributed by atoms with Crippen LogP contribution in [0.1, 0.15) is 17.0 Å². The van der Waals surface area contributed by atoms with E-state index in [-0.39, 0.29) is 25.7 Å². The molecule has 2 atom stereocenters. The molecule has 3 N–H and O–H groups in total. The predicted molar refractivity (Wildman–Crippen MR) is 105 cm³/mol. The first-order chi connectivity index (χ1) is 13.6. The molecule has 0 radical (unpaired) electrons. The molecule has 28 heavy (non-hydrogen) atoms. The molecule has 0 heterocycles. The zero-order valence-electron chi connectivity index (χ0n) is 15.1. The van der Waals surface area contributed by atoms with E-state index in [9.17, 15) is 9.69 Å². The Balaban J connectivity index is 1.45. The van der Waals surface area contributed by atoms with Crippen LogP contribution in [0.4, 0.5) is 4.79 Å². The van der Waals surface area contributed by atoms with Gasteiger partial charge in [0.05, 0.1) is 6.61 Å². The molecule has 150 valence electrons. The van der Waals surface area contributed by atoms with Gasteiger partial charge in [-0.1, -0.05) is 48.5 Å². The van der Waals surface area contributed by atoms with Gasteiger partial charge in [0.15, 0.2) is 0 Å². The standard InChI is InChI=1S/C18H21NO7P2/c1-23-27(21)26-28(22)25-11-10-19-18(20)24-12-17-15-8-4-2-6-13(15)14-7-3-5-9-16(14)17/h2-9,17,21-22H,10-12H2,1H3,(H,19,20). The van der Waals surface area contributed by atoms with Crippen LogP contribution < -0.4 is 5.32 Å². The van der Waals surface area contributed by atoms with Crippen molar-refractivity contribution >= 4 is 23.3 Å². The minimum Gasteiger partial charge on any atom is -0.449 e. The molecular weight excluding hydrogens is 404 g/mol. The average molecular weight is 425 g/mol. The largest absolute Gasteiger partial charge is 0.449 e. The number of amides is 1. The molecule has 0 saturated carbocycles. The number of fused-ring (bicyclic) bond motifs is 3. The van der Waals surface area contributed by atoms with Crippen LogP contribution in [0.15, 0.2) is 48.5 Å². The van der Waals surface area contributed by atoms with Crippen molar-refractivity contribution in [2.45, 2.75) is 5.92 Å². The summed E-state index contributed by atoms with van der Waals surface area (Å²) in [5.74, 6) is -0.00840. The van der Waals surface area contributed by atoms with Crippen molar-refractivity contribution in [1.82, 2.24) is 5.32 Å². The average Bonchev–Trinajstić information content (AvgIpc) is 3.03. The van der Waals surface area contributed by atoms with Gasteiger partial charge in [0, 0.05) is 19.6 Å². The Kier molecular flexibility index (Phi) is 7.71. The quantitative estimate of drug-likeness (QED) is 0.416. The van der Waals surface area contributed by atoms with Crippen LogP contribution in [0.25, 0.3) is 11.1 Å². The van der Waals surface area contributed by atoms with E-state index in [1.54, 1.807) is 0 Å². The molecule has 0 saturated heterocycles. The first kappa shape index (κ1) is 21.1. The van der Waals surface area contributed by atoms with Gasteiger partial charge in [-0.25, -0.2) is 9.11 Å². The second-order valence-electron chi connectivity index (χ2n) is 5.83. The topological polar surface area (TPSA) is 106 Å². The highest BCUT2D eigenvalue weighted by atomic mass is 31.2. The molecule has 0 bridgehead atoms. The minimum absolute atomic E-state index is 0.000708. The number of rotatable bonds is 9. The van der Waals surface area contributed by atoms with Gasteiger partial charge < -0.3 is 28.9 Å². The number of ether oxygens (including phenoxy) is 1. The lowest BCUT2D eigenvalue weighted by Gasteiger charge is -2.15. The summed E-state index contributed by atoms with van der Waals surface area (Å²) < 4.78 is 19.4. The summed E-state index contributed by atoms with van der Waals surface area (Å²) in [6, 6.07) is 16.2. The van der Waals surface area contributed by atoms with E-state index in [4.69, 9.17) is 14.2 Å². The molecule has 0 spiro atoms. The third-order valence-electron chi connectivity index (χ3n) is 4.21. The van der Waals surface area contributed by atoms with Crippen LogP contribution in [-0.2, 0) is 18.1 Å². The van der Waals surface area contributed by atoms with Crippen molar-refractivity contribution in [3.05, 3.63) is 59.7 Å². The first-order valence-electron chi connectivity index (χ1n) is 8.52. The van der Waals surface area contributed by atoms with Crippen LogP contribution in [0.3, 0.4) is 0 Å². The van der Waals surface area contributed by atoms with Crippen molar-refractivity contribution in [2.75, 3.05) is 26.9 Å². The summed E-state index contributed by atoms with van der Waals surface area (Å²) in [4.78, 5) is 30.5. The lowest BCUT2D eigenvalue weighted by Crippen LogP contribution is -2.28. The van der Waals surface area contributed by atoms with Gasteiger partial charge in [0.2, 0.25) is 0 Å². The Morgan fingerprint density at radius 2 is 1.64 bits per heavy atom. The summed E-state index contributed by atoms with van der Waals surface area (Å²) in [5, 5.41) is 2.55. The van der Waals surface area contributed by atoms with Gasteiger partial charge in [-0.05, 0) is 22.3 Å². The van der Waals surface area contributed by atoms with Crippen LogP contribution in [-0.4, -0.2) is 42.7 Å². The molecule has 2 aromatic carbocycles. The van der Waals surface area contributed by atoms with Crippen molar-refractivity contribution in [2.24, 2.45) is 0 Å². The number of carbonyl (C=O) groups is 1. The molecule has 3 rings (SSSR count). The summed E-state index contributed by atoms with van der Waals surface area (Å²) in [6.45, 7) is 0.341. The third-order valence-corrected chi connectivity index (χ3v) is 6.05. The molecule has 10 heteroatoms. The van der Waals surface area contributed by atoms with Crippen molar-refractivity contribution in [3.8, 4) is 11.1 Å². The minimum atomic E-state index is -2.27. The van der Waals surface area contributed by atoms with Crippen LogP contribution >= 0.6 is 17.2 Å². The van der Waals surface area contributed by atoms with Crippen molar-refractivity contribution < 1.29 is 32.7 Å². The molecule has 0 fully saturated rings. The molecule has 0 aliphatic heterocycles. The van der Waals surface area contributed by atoms with E-state index >= 15 is 0 Å². The fraction of sp³-hybridized carbons (Fsp3) is 0.278. The van der Waals surface area contributed by atoms with Gasteiger partial charge in [-0.2, -0.15) is 0 Å². The van der Waals surface area contributed by atoms with Gasteiger partial charge >= 0.3 is 23.3 Å². The lowest BCUT2D eigenvalue weighted by molar-refractivity contribution is 0.140. The Bertz CT molecular complexity index is 762. The smallest absolute Gasteiger partial charge is 0.407 e. The summed E-state index contributed by atoms with van der Waals surface area (Å²) in [6.07, 6.45) is -0.574. The zero-order chi connectivity index (χ0) is 19.9. The van der Waals surface area contributed by atoms with E-state index in [2.05, 4.69) is 38.4 Å². The van der Waals surface area contributed by atoms with E-state index in [0.29, 0.717) is 0 Å². The molecular formula is C18H21NO7P2. The van der Waals surface area contributed by atoms with E-state index in [1.165, 1.54) is 7.11 Å². The van der Waals surface area contributed by atoms with Crippen LogP contribution in [0.2, 0.25) is 0 Å². The number of hydrogen-bond acceptors (Lipinski definition) is 7. The number of hydrogen-bond donors (Lipinski definition) is 3. The third kappa shape index (κ3) is 5.25. The van der Waals surface area contributed by atoms with E-state index in [0.717, 1.165) is 22.3 Å². The second kappa shape index (κ2) is 10.2. The summed E-state index contributed by atoms with van der Waals surface area (Å²) >= 11 is 0. The fourth-order valence-electron chi connectivity index (χ4n) is 3.04. The number of alkyl carbamates (subject to hydrolysis) is 1. The van der Waals surface area contributed by atoms with Gasteiger partial charge in [0.25, 0.3) is 0 Å². The highest BCUT2D eigenvalue weighted by molar-refractivity contribution is 7.54. The van der Waals surface area contributed by atoms with Crippen LogP contribution in [0.5, 0.6) is 0 Å². The summed E-state index contributed by atoms with van der Waals surface area (Å²) in [5.41, 5.74) is 4.61. The number of nitrogens with one attached hydrogen (secondary N) is 1. The molecule has 2 aromatic rings. The van der Waals surface area contributed by atoms with Crippen molar-refractivity contribution in [1.29, 1.82) is 0 Å². The normalized spacial score (nSPS) is 14.8. The Labute approximate surface area is 165 Å². The van der Waals surface area contributed by atoms with Crippen molar-refractivity contribution in [3.63, 3.8) is 0 Å². The molecule has 1 aliphatic carbocycles. The molecule has 8 nitrogen and oxygen atoms in total. The highest BCUT2D eigenvalue weighted by Crippen LogP contribution is 2.48. The second-order valence-corrected chi connectivity index (χ2v) is 8.05. The lowest BCUT2D eigenvalue weighted by atomic mass is 9.98.